The molecule has 0 aliphatic carbocycles. The number of aryl methyl sites for hydroxylation is 1. The van der Waals surface area contributed by atoms with Crippen LogP contribution in [-0.2, 0) is 13.1 Å². The molecule has 5 nitrogen and oxygen atoms in total. The smallest absolute Gasteiger partial charge is 0.0948 e. The van der Waals surface area contributed by atoms with Gasteiger partial charge in [-0.1, -0.05) is 6.92 Å². The maximum atomic E-state index is 9.01. The van der Waals surface area contributed by atoms with Gasteiger partial charge in [-0.15, -0.1) is 0 Å². The van der Waals surface area contributed by atoms with Crippen molar-refractivity contribution in [2.24, 2.45) is 0 Å². The van der Waals surface area contributed by atoms with E-state index < -0.39 is 0 Å². The molecule has 1 aliphatic heterocycles. The largest absolute Gasteiger partial charge is 0.395 e. The van der Waals surface area contributed by atoms with Crippen LogP contribution in [0.4, 0.5) is 0 Å². The molecule has 1 saturated heterocycles. The SMILES string of the molecule is CCCn1cncc1CN1CCCN(CCO)CC1. The van der Waals surface area contributed by atoms with Crippen LogP contribution >= 0.6 is 0 Å². The first kappa shape index (κ1) is 14.5. The number of hydrogen-bond acceptors (Lipinski definition) is 4. The van der Waals surface area contributed by atoms with Gasteiger partial charge in [-0.05, 0) is 25.9 Å². The Kier molecular flexibility index (Phi) is 5.82. The summed E-state index contributed by atoms with van der Waals surface area (Å²) in [4.78, 5) is 9.12. The Hall–Kier alpha value is -0.910. The lowest BCUT2D eigenvalue weighted by Crippen LogP contribution is -2.32. The van der Waals surface area contributed by atoms with Gasteiger partial charge in [-0.3, -0.25) is 9.80 Å². The van der Waals surface area contributed by atoms with E-state index in [1.807, 2.05) is 12.5 Å². The highest BCUT2D eigenvalue weighted by molar-refractivity contribution is 4.98. The molecule has 5 heteroatoms. The normalized spacial score (nSPS) is 18.6. The van der Waals surface area contributed by atoms with Gasteiger partial charge in [0, 0.05) is 38.9 Å². The summed E-state index contributed by atoms with van der Waals surface area (Å²) in [6.45, 7) is 9.70. The fourth-order valence-corrected chi connectivity index (χ4v) is 2.70. The summed E-state index contributed by atoms with van der Waals surface area (Å²) in [7, 11) is 0. The lowest BCUT2D eigenvalue weighted by atomic mass is 10.3. The zero-order chi connectivity index (χ0) is 13.5. The molecule has 0 atom stereocenters. The van der Waals surface area contributed by atoms with Gasteiger partial charge in [0.15, 0.2) is 0 Å². The molecule has 0 amide bonds. The zero-order valence-corrected chi connectivity index (χ0v) is 12.0. The van der Waals surface area contributed by atoms with Crippen LogP contribution in [0.25, 0.3) is 0 Å². The fraction of sp³-hybridized carbons (Fsp3) is 0.786. The van der Waals surface area contributed by atoms with Crippen molar-refractivity contribution in [2.75, 3.05) is 39.3 Å². The molecule has 1 N–H and O–H groups in total. The lowest BCUT2D eigenvalue weighted by molar-refractivity contribution is 0.195. The number of nitrogens with zero attached hydrogens (tertiary/aromatic N) is 4. The molecular formula is C14H26N4O. The maximum Gasteiger partial charge on any atom is 0.0948 e. The second-order valence-corrected chi connectivity index (χ2v) is 5.27. The lowest BCUT2D eigenvalue weighted by Gasteiger charge is -2.21. The number of rotatable bonds is 6. The van der Waals surface area contributed by atoms with Crippen molar-refractivity contribution in [3.8, 4) is 0 Å². The van der Waals surface area contributed by atoms with Crippen LogP contribution in [0.5, 0.6) is 0 Å². The molecule has 1 aliphatic rings. The summed E-state index contributed by atoms with van der Waals surface area (Å²) in [5, 5.41) is 9.01. The molecule has 1 aromatic rings. The number of aliphatic hydroxyl groups is 1. The molecule has 108 valence electrons. The number of imidazole rings is 1. The molecule has 2 rings (SSSR count). The van der Waals surface area contributed by atoms with E-state index in [1.54, 1.807) is 0 Å². The van der Waals surface area contributed by atoms with Gasteiger partial charge in [0.1, 0.15) is 0 Å². The third-order valence-electron chi connectivity index (χ3n) is 3.75. The summed E-state index contributed by atoms with van der Waals surface area (Å²) in [6.07, 6.45) is 6.26. The Morgan fingerprint density at radius 3 is 2.74 bits per heavy atom. The van der Waals surface area contributed by atoms with Crippen molar-refractivity contribution in [1.82, 2.24) is 19.4 Å². The average Bonchev–Trinajstić information content (AvgIpc) is 2.70. The summed E-state index contributed by atoms with van der Waals surface area (Å²) in [6, 6.07) is 0. The Bertz CT molecular complexity index is 366. The summed E-state index contributed by atoms with van der Waals surface area (Å²) in [5.41, 5.74) is 1.32. The monoisotopic (exact) mass is 266 g/mol. The highest BCUT2D eigenvalue weighted by atomic mass is 16.3. The molecule has 0 unspecified atom stereocenters. The molecule has 0 bridgehead atoms. The highest BCUT2D eigenvalue weighted by Gasteiger charge is 2.15. The second kappa shape index (κ2) is 7.62. The van der Waals surface area contributed by atoms with Crippen molar-refractivity contribution in [3.05, 3.63) is 18.2 Å². The van der Waals surface area contributed by atoms with Gasteiger partial charge in [0.25, 0.3) is 0 Å². The van der Waals surface area contributed by atoms with E-state index in [-0.39, 0.29) is 6.61 Å². The van der Waals surface area contributed by atoms with Crippen LogP contribution in [0, 0.1) is 0 Å². The quantitative estimate of drug-likeness (QED) is 0.827. The predicted octanol–water partition coefficient (Wildman–Crippen LogP) is 0.793. The first-order chi connectivity index (χ1) is 9.33. The Morgan fingerprint density at radius 2 is 1.95 bits per heavy atom. The zero-order valence-electron chi connectivity index (χ0n) is 12.0. The molecule has 2 heterocycles. The molecule has 0 aromatic carbocycles. The van der Waals surface area contributed by atoms with E-state index in [1.165, 1.54) is 12.1 Å². The molecule has 1 aromatic heterocycles. The molecule has 19 heavy (non-hydrogen) atoms. The molecule has 0 saturated carbocycles. The van der Waals surface area contributed by atoms with Gasteiger partial charge in [-0.25, -0.2) is 4.98 Å². The van der Waals surface area contributed by atoms with Crippen molar-refractivity contribution >= 4 is 0 Å². The third-order valence-corrected chi connectivity index (χ3v) is 3.75. The number of aliphatic hydroxyl groups excluding tert-OH is 1. The van der Waals surface area contributed by atoms with E-state index in [9.17, 15) is 0 Å². The number of β-amino-alcohol motifs (C(OH)–C–C–N with tert-alkyl or cyclic N) is 1. The fourth-order valence-electron chi connectivity index (χ4n) is 2.70. The van der Waals surface area contributed by atoms with Crippen molar-refractivity contribution in [3.63, 3.8) is 0 Å². The van der Waals surface area contributed by atoms with Crippen LogP contribution in [0.15, 0.2) is 12.5 Å². The number of aromatic nitrogens is 2. The number of hydrogen-bond donors (Lipinski definition) is 1. The molecule has 0 spiro atoms. The molecular weight excluding hydrogens is 240 g/mol. The molecule has 1 fully saturated rings. The third kappa shape index (κ3) is 4.30. The maximum absolute atomic E-state index is 9.01. The summed E-state index contributed by atoms with van der Waals surface area (Å²) < 4.78 is 2.26. The standard InChI is InChI=1S/C14H26N4O/c1-2-4-18-13-15-11-14(18)12-17-6-3-5-16(7-8-17)9-10-19/h11,13,19H,2-10,12H2,1H3. The van der Waals surface area contributed by atoms with E-state index >= 15 is 0 Å². The van der Waals surface area contributed by atoms with Crippen LogP contribution in [0.3, 0.4) is 0 Å². The van der Waals surface area contributed by atoms with Crippen LogP contribution in [0.1, 0.15) is 25.5 Å². The Labute approximate surface area is 115 Å². The van der Waals surface area contributed by atoms with Crippen LogP contribution in [0.2, 0.25) is 0 Å². The van der Waals surface area contributed by atoms with Crippen molar-refractivity contribution in [2.45, 2.75) is 32.9 Å². The summed E-state index contributed by atoms with van der Waals surface area (Å²) in [5.74, 6) is 0. The van der Waals surface area contributed by atoms with Crippen molar-refractivity contribution < 1.29 is 5.11 Å². The van der Waals surface area contributed by atoms with E-state index in [2.05, 4.69) is 26.3 Å². The van der Waals surface area contributed by atoms with Gasteiger partial charge < -0.3 is 9.67 Å². The average molecular weight is 266 g/mol. The van der Waals surface area contributed by atoms with Gasteiger partial charge in [-0.2, -0.15) is 0 Å². The molecule has 0 radical (unpaired) electrons. The first-order valence-corrected chi connectivity index (χ1v) is 7.38. The highest BCUT2D eigenvalue weighted by Crippen LogP contribution is 2.09. The first-order valence-electron chi connectivity index (χ1n) is 7.38. The Balaban J connectivity index is 1.86. The second-order valence-electron chi connectivity index (χ2n) is 5.27. The van der Waals surface area contributed by atoms with Gasteiger partial charge in [0.2, 0.25) is 0 Å². The van der Waals surface area contributed by atoms with E-state index in [0.717, 1.165) is 52.2 Å². The van der Waals surface area contributed by atoms with Gasteiger partial charge >= 0.3 is 0 Å². The van der Waals surface area contributed by atoms with E-state index in [4.69, 9.17) is 5.11 Å². The summed E-state index contributed by atoms with van der Waals surface area (Å²) >= 11 is 0. The van der Waals surface area contributed by atoms with Crippen LogP contribution < -0.4 is 0 Å². The minimum atomic E-state index is 0.267. The van der Waals surface area contributed by atoms with Gasteiger partial charge in [0.05, 0.1) is 18.6 Å². The minimum absolute atomic E-state index is 0.267. The van der Waals surface area contributed by atoms with Crippen LogP contribution in [-0.4, -0.2) is 63.8 Å². The Morgan fingerprint density at radius 1 is 1.16 bits per heavy atom. The van der Waals surface area contributed by atoms with E-state index in [0.29, 0.717) is 0 Å². The predicted molar refractivity (Wildman–Crippen MR) is 75.9 cm³/mol. The topological polar surface area (TPSA) is 44.5 Å². The van der Waals surface area contributed by atoms with Crippen molar-refractivity contribution in [1.29, 1.82) is 0 Å². The minimum Gasteiger partial charge on any atom is -0.395 e.